The number of hydrogen-bond donors (Lipinski definition) is 0. The van der Waals surface area contributed by atoms with Gasteiger partial charge in [0.2, 0.25) is 5.91 Å². The van der Waals surface area contributed by atoms with Crippen LogP contribution >= 0.6 is 0 Å². The van der Waals surface area contributed by atoms with Crippen molar-refractivity contribution < 1.29 is 9.53 Å². The summed E-state index contributed by atoms with van der Waals surface area (Å²) in [5, 5.41) is 0. The van der Waals surface area contributed by atoms with Crippen LogP contribution in [0, 0.1) is 0 Å². The highest BCUT2D eigenvalue weighted by Crippen LogP contribution is 2.25. The molecule has 0 aromatic carbocycles. The minimum Gasteiger partial charge on any atom is -0.369 e. The molecule has 1 saturated carbocycles. The van der Waals surface area contributed by atoms with Crippen molar-refractivity contribution in [2.24, 2.45) is 0 Å². The van der Waals surface area contributed by atoms with Crippen LogP contribution in [-0.2, 0) is 9.53 Å². The van der Waals surface area contributed by atoms with Crippen LogP contribution in [0.1, 0.15) is 26.7 Å². The van der Waals surface area contributed by atoms with Crippen molar-refractivity contribution in [3.63, 3.8) is 0 Å². The molecule has 0 radical (unpaired) electrons. The van der Waals surface area contributed by atoms with Crippen LogP contribution in [0.25, 0.3) is 0 Å². The molecule has 0 N–H and O–H groups in total. The Bertz CT molecular complexity index is 164. The number of ether oxygens (including phenoxy) is 1. The molecule has 0 saturated heterocycles. The molecule has 1 rings (SSSR count). The highest BCUT2D eigenvalue weighted by Gasteiger charge is 2.29. The largest absolute Gasteiger partial charge is 0.369 e. The summed E-state index contributed by atoms with van der Waals surface area (Å²) in [6, 6.07) is 0.494. The van der Waals surface area contributed by atoms with E-state index >= 15 is 0 Å². The van der Waals surface area contributed by atoms with E-state index in [2.05, 4.69) is 0 Å². The minimum atomic E-state index is 0.103. The highest BCUT2D eigenvalue weighted by atomic mass is 16.5. The molecule has 1 amide bonds. The molecular weight excluding hydrogens is 154 g/mol. The van der Waals surface area contributed by atoms with E-state index in [9.17, 15) is 4.79 Å². The molecule has 0 spiro atoms. The molecule has 1 fully saturated rings. The van der Waals surface area contributed by atoms with E-state index in [0.717, 1.165) is 12.8 Å². The Morgan fingerprint density at radius 3 is 2.58 bits per heavy atom. The van der Waals surface area contributed by atoms with E-state index in [4.69, 9.17) is 4.74 Å². The summed E-state index contributed by atoms with van der Waals surface area (Å²) in [5.41, 5.74) is 0. The lowest BCUT2D eigenvalue weighted by atomic mass is 10.4. The average molecular weight is 171 g/mol. The molecule has 1 aliphatic carbocycles. The maximum atomic E-state index is 11.3. The predicted octanol–water partition coefficient (Wildman–Crippen LogP) is 1.03. The molecule has 0 heterocycles. The Morgan fingerprint density at radius 1 is 1.58 bits per heavy atom. The fourth-order valence-corrected chi connectivity index (χ4v) is 1.01. The predicted molar refractivity (Wildman–Crippen MR) is 46.9 cm³/mol. The lowest BCUT2D eigenvalue weighted by molar-refractivity contribution is -0.136. The third-order valence-corrected chi connectivity index (χ3v) is 2.03. The highest BCUT2D eigenvalue weighted by molar-refractivity contribution is 5.77. The molecular formula is C9H17NO2. The number of carbonyl (C=O) groups excluding carboxylic acids is 1. The maximum absolute atomic E-state index is 11.3. The van der Waals surface area contributed by atoms with E-state index in [1.165, 1.54) is 0 Å². The van der Waals surface area contributed by atoms with E-state index < -0.39 is 0 Å². The van der Waals surface area contributed by atoms with Gasteiger partial charge < -0.3 is 9.64 Å². The Morgan fingerprint density at radius 2 is 2.17 bits per heavy atom. The summed E-state index contributed by atoms with van der Waals surface area (Å²) in [7, 11) is 1.85. The van der Waals surface area contributed by atoms with Gasteiger partial charge in [-0.1, -0.05) is 0 Å². The van der Waals surface area contributed by atoms with Crippen molar-refractivity contribution >= 4 is 5.91 Å². The summed E-state index contributed by atoms with van der Waals surface area (Å²) in [5.74, 6) is 0.103. The summed E-state index contributed by atoms with van der Waals surface area (Å²) in [4.78, 5) is 13.1. The van der Waals surface area contributed by atoms with Crippen molar-refractivity contribution in [2.45, 2.75) is 38.8 Å². The van der Waals surface area contributed by atoms with Crippen LogP contribution in [0.15, 0.2) is 0 Å². The first-order chi connectivity index (χ1) is 5.61. The molecule has 0 bridgehead atoms. The van der Waals surface area contributed by atoms with Crippen LogP contribution in [0.5, 0.6) is 0 Å². The third-order valence-electron chi connectivity index (χ3n) is 2.03. The van der Waals surface area contributed by atoms with Crippen molar-refractivity contribution in [1.82, 2.24) is 4.90 Å². The molecule has 0 atom stereocenters. The van der Waals surface area contributed by atoms with E-state index in [1.807, 2.05) is 20.9 Å². The van der Waals surface area contributed by atoms with Crippen molar-refractivity contribution in [2.75, 3.05) is 13.7 Å². The van der Waals surface area contributed by atoms with E-state index in [-0.39, 0.29) is 18.6 Å². The first kappa shape index (κ1) is 9.52. The van der Waals surface area contributed by atoms with Gasteiger partial charge in [0.05, 0.1) is 6.10 Å². The summed E-state index contributed by atoms with van der Waals surface area (Å²) >= 11 is 0. The first-order valence-electron chi connectivity index (χ1n) is 4.48. The molecule has 0 aromatic rings. The molecule has 12 heavy (non-hydrogen) atoms. The lowest BCUT2D eigenvalue weighted by Gasteiger charge is -2.16. The number of nitrogens with zero attached hydrogens (tertiary/aromatic N) is 1. The number of rotatable bonds is 4. The molecule has 3 nitrogen and oxygen atoms in total. The van der Waals surface area contributed by atoms with Gasteiger partial charge in [-0.2, -0.15) is 0 Å². The van der Waals surface area contributed by atoms with E-state index in [0.29, 0.717) is 6.04 Å². The molecule has 1 aliphatic rings. The standard InChI is InChI=1S/C9H17NO2/c1-7(2)12-6-9(11)10(3)8-4-5-8/h7-8H,4-6H2,1-3H3. The first-order valence-corrected chi connectivity index (χ1v) is 4.48. The fourth-order valence-electron chi connectivity index (χ4n) is 1.01. The average Bonchev–Trinajstić information content (AvgIpc) is 2.80. The van der Waals surface area contributed by atoms with Crippen LogP contribution in [0.4, 0.5) is 0 Å². The van der Waals surface area contributed by atoms with Crippen molar-refractivity contribution in [3.05, 3.63) is 0 Å². The Labute approximate surface area is 73.7 Å². The molecule has 0 aliphatic heterocycles. The topological polar surface area (TPSA) is 29.5 Å². The zero-order chi connectivity index (χ0) is 9.14. The van der Waals surface area contributed by atoms with Gasteiger partial charge in [-0.15, -0.1) is 0 Å². The van der Waals surface area contributed by atoms with Crippen LogP contribution < -0.4 is 0 Å². The number of hydrogen-bond acceptors (Lipinski definition) is 2. The second-order valence-corrected chi connectivity index (χ2v) is 3.60. The third kappa shape index (κ3) is 2.81. The van der Waals surface area contributed by atoms with Gasteiger partial charge in [-0.3, -0.25) is 4.79 Å². The quantitative estimate of drug-likeness (QED) is 0.632. The van der Waals surface area contributed by atoms with Gasteiger partial charge in [0.15, 0.2) is 0 Å². The van der Waals surface area contributed by atoms with Crippen molar-refractivity contribution in [3.8, 4) is 0 Å². The van der Waals surface area contributed by atoms with Gasteiger partial charge in [-0.05, 0) is 26.7 Å². The number of amides is 1. The molecule has 3 heteroatoms. The van der Waals surface area contributed by atoms with Gasteiger partial charge in [-0.25, -0.2) is 0 Å². The summed E-state index contributed by atoms with van der Waals surface area (Å²) in [6.07, 6.45) is 2.45. The van der Waals surface area contributed by atoms with Gasteiger partial charge >= 0.3 is 0 Å². The lowest BCUT2D eigenvalue weighted by Crippen LogP contribution is -2.32. The summed E-state index contributed by atoms with van der Waals surface area (Å²) < 4.78 is 5.21. The van der Waals surface area contributed by atoms with Gasteiger partial charge in [0.25, 0.3) is 0 Å². The Balaban J connectivity index is 2.17. The van der Waals surface area contributed by atoms with Gasteiger partial charge in [0, 0.05) is 13.1 Å². The second kappa shape index (κ2) is 3.90. The van der Waals surface area contributed by atoms with E-state index in [1.54, 1.807) is 4.90 Å². The Kier molecular flexibility index (Phi) is 3.09. The second-order valence-electron chi connectivity index (χ2n) is 3.60. The normalized spacial score (nSPS) is 16.7. The monoisotopic (exact) mass is 171 g/mol. The Hall–Kier alpha value is -0.570. The maximum Gasteiger partial charge on any atom is 0.248 e. The smallest absolute Gasteiger partial charge is 0.248 e. The number of likely N-dealkylation sites (N-methyl/N-ethyl adjacent to an activating group) is 1. The number of carbonyl (C=O) groups is 1. The summed E-state index contributed by atoms with van der Waals surface area (Å²) in [6.45, 7) is 4.10. The fraction of sp³-hybridized carbons (Fsp3) is 0.889. The molecule has 70 valence electrons. The zero-order valence-electron chi connectivity index (χ0n) is 8.04. The van der Waals surface area contributed by atoms with Crippen LogP contribution in [0.3, 0.4) is 0 Å². The van der Waals surface area contributed by atoms with Crippen molar-refractivity contribution in [1.29, 1.82) is 0 Å². The zero-order valence-corrected chi connectivity index (χ0v) is 8.04. The molecule has 0 unspecified atom stereocenters. The minimum absolute atomic E-state index is 0.103. The SMILES string of the molecule is CC(C)OCC(=O)N(C)C1CC1. The van der Waals surface area contributed by atoms with Gasteiger partial charge in [0.1, 0.15) is 6.61 Å². The van der Waals surface area contributed by atoms with Crippen LogP contribution in [-0.4, -0.2) is 36.6 Å². The van der Waals surface area contributed by atoms with Crippen LogP contribution in [0.2, 0.25) is 0 Å². The molecule has 0 aromatic heterocycles.